The van der Waals surface area contributed by atoms with E-state index in [9.17, 15) is 9.59 Å². The SMILES string of the molecule is O=Cc1ccccc1O[C@@H](C(=O)NC1CC1)c1ccccc1. The summed E-state index contributed by atoms with van der Waals surface area (Å²) in [6.07, 6.45) is 2.00. The molecule has 22 heavy (non-hydrogen) atoms. The molecule has 1 fully saturated rings. The first kappa shape index (κ1) is 14.3. The minimum Gasteiger partial charge on any atom is -0.475 e. The van der Waals surface area contributed by atoms with E-state index in [1.165, 1.54) is 0 Å². The first-order chi connectivity index (χ1) is 10.8. The molecule has 0 radical (unpaired) electrons. The molecule has 1 saturated carbocycles. The monoisotopic (exact) mass is 295 g/mol. The summed E-state index contributed by atoms with van der Waals surface area (Å²) in [5, 5.41) is 2.96. The number of para-hydroxylation sites is 1. The highest BCUT2D eigenvalue weighted by Crippen LogP contribution is 2.26. The van der Waals surface area contributed by atoms with E-state index < -0.39 is 6.10 Å². The van der Waals surface area contributed by atoms with E-state index in [0.717, 1.165) is 24.7 Å². The van der Waals surface area contributed by atoms with Crippen molar-refractivity contribution in [3.63, 3.8) is 0 Å². The summed E-state index contributed by atoms with van der Waals surface area (Å²) in [6, 6.07) is 16.5. The van der Waals surface area contributed by atoms with E-state index in [-0.39, 0.29) is 11.9 Å². The van der Waals surface area contributed by atoms with Crippen molar-refractivity contribution in [2.75, 3.05) is 0 Å². The minimum absolute atomic E-state index is 0.172. The van der Waals surface area contributed by atoms with Crippen molar-refractivity contribution in [3.8, 4) is 5.75 Å². The largest absolute Gasteiger partial charge is 0.475 e. The third-order valence-electron chi connectivity index (χ3n) is 3.55. The Kier molecular flexibility index (Phi) is 4.19. The molecule has 0 aromatic heterocycles. The van der Waals surface area contributed by atoms with Crippen molar-refractivity contribution in [1.29, 1.82) is 0 Å². The minimum atomic E-state index is -0.761. The molecule has 2 aromatic rings. The van der Waals surface area contributed by atoms with Crippen LogP contribution in [-0.4, -0.2) is 18.2 Å². The van der Waals surface area contributed by atoms with Gasteiger partial charge in [0.1, 0.15) is 5.75 Å². The fourth-order valence-corrected chi connectivity index (χ4v) is 2.22. The average molecular weight is 295 g/mol. The number of carbonyl (C=O) groups excluding carboxylic acids is 2. The second-order valence-corrected chi connectivity index (χ2v) is 5.35. The Morgan fingerprint density at radius 1 is 1.09 bits per heavy atom. The predicted octanol–water partition coefficient (Wildman–Crippen LogP) is 2.90. The molecule has 3 rings (SSSR count). The van der Waals surface area contributed by atoms with Gasteiger partial charge in [-0.1, -0.05) is 42.5 Å². The fraction of sp³-hybridized carbons (Fsp3) is 0.222. The van der Waals surface area contributed by atoms with E-state index in [1.54, 1.807) is 24.3 Å². The van der Waals surface area contributed by atoms with Crippen LogP contribution in [0.2, 0.25) is 0 Å². The number of benzene rings is 2. The van der Waals surface area contributed by atoms with Gasteiger partial charge in [-0.25, -0.2) is 0 Å². The zero-order valence-electron chi connectivity index (χ0n) is 12.1. The Morgan fingerprint density at radius 3 is 2.45 bits per heavy atom. The zero-order chi connectivity index (χ0) is 15.4. The quantitative estimate of drug-likeness (QED) is 0.834. The van der Waals surface area contributed by atoms with Crippen LogP contribution < -0.4 is 10.1 Å². The van der Waals surface area contributed by atoms with E-state index in [2.05, 4.69) is 5.32 Å². The number of nitrogens with one attached hydrogen (secondary N) is 1. The highest BCUT2D eigenvalue weighted by Gasteiger charge is 2.30. The number of aldehydes is 1. The van der Waals surface area contributed by atoms with Gasteiger partial charge in [0.05, 0.1) is 5.56 Å². The van der Waals surface area contributed by atoms with Crippen molar-refractivity contribution in [2.24, 2.45) is 0 Å². The van der Waals surface area contributed by atoms with Gasteiger partial charge in [0.2, 0.25) is 6.10 Å². The third-order valence-corrected chi connectivity index (χ3v) is 3.55. The number of ether oxygens (including phenoxy) is 1. The van der Waals surface area contributed by atoms with Gasteiger partial charge < -0.3 is 10.1 Å². The maximum Gasteiger partial charge on any atom is 0.266 e. The molecule has 4 nitrogen and oxygen atoms in total. The maximum atomic E-state index is 12.5. The lowest BCUT2D eigenvalue weighted by atomic mass is 10.1. The van der Waals surface area contributed by atoms with Crippen LogP contribution in [0.25, 0.3) is 0 Å². The van der Waals surface area contributed by atoms with Gasteiger partial charge >= 0.3 is 0 Å². The van der Waals surface area contributed by atoms with Crippen LogP contribution in [0, 0.1) is 0 Å². The molecule has 1 aliphatic rings. The predicted molar refractivity (Wildman–Crippen MR) is 82.8 cm³/mol. The molecule has 4 heteroatoms. The molecular formula is C18H17NO3. The summed E-state index contributed by atoms with van der Waals surface area (Å²) >= 11 is 0. The molecule has 0 unspecified atom stereocenters. The first-order valence-electron chi connectivity index (χ1n) is 7.34. The Morgan fingerprint density at radius 2 is 1.77 bits per heavy atom. The van der Waals surface area contributed by atoms with Crippen LogP contribution in [0.3, 0.4) is 0 Å². The molecule has 0 spiro atoms. The summed E-state index contributed by atoms with van der Waals surface area (Å²) < 4.78 is 5.87. The molecule has 112 valence electrons. The highest BCUT2D eigenvalue weighted by molar-refractivity contribution is 5.84. The lowest BCUT2D eigenvalue weighted by Gasteiger charge is -2.20. The summed E-state index contributed by atoms with van der Waals surface area (Å²) in [4.78, 5) is 23.6. The van der Waals surface area contributed by atoms with Crippen LogP contribution in [0.4, 0.5) is 0 Å². The maximum absolute atomic E-state index is 12.5. The summed E-state index contributed by atoms with van der Waals surface area (Å²) in [7, 11) is 0. The van der Waals surface area contributed by atoms with Crippen molar-refractivity contribution in [1.82, 2.24) is 5.32 Å². The average Bonchev–Trinajstić information content (AvgIpc) is 3.37. The topological polar surface area (TPSA) is 55.4 Å². The van der Waals surface area contributed by atoms with Crippen molar-refractivity contribution >= 4 is 12.2 Å². The number of carbonyl (C=O) groups is 2. The lowest BCUT2D eigenvalue weighted by molar-refractivity contribution is -0.128. The molecule has 0 aliphatic heterocycles. The second kappa shape index (κ2) is 6.43. The first-order valence-corrected chi connectivity index (χ1v) is 7.34. The molecule has 0 saturated heterocycles. The van der Waals surface area contributed by atoms with Crippen molar-refractivity contribution in [3.05, 3.63) is 65.7 Å². The molecule has 0 bridgehead atoms. The molecule has 1 aliphatic carbocycles. The molecule has 1 amide bonds. The Bertz CT molecular complexity index is 665. The molecular weight excluding hydrogens is 278 g/mol. The van der Waals surface area contributed by atoms with Crippen LogP contribution in [0.15, 0.2) is 54.6 Å². The van der Waals surface area contributed by atoms with E-state index >= 15 is 0 Å². The van der Waals surface area contributed by atoms with Crippen LogP contribution in [-0.2, 0) is 4.79 Å². The van der Waals surface area contributed by atoms with Gasteiger partial charge in [-0.05, 0) is 25.0 Å². The number of hydrogen-bond acceptors (Lipinski definition) is 3. The van der Waals surface area contributed by atoms with Gasteiger partial charge in [0.25, 0.3) is 5.91 Å². The Labute approximate surface area is 129 Å². The number of hydrogen-bond donors (Lipinski definition) is 1. The Balaban J connectivity index is 1.87. The van der Waals surface area contributed by atoms with E-state index in [1.807, 2.05) is 30.3 Å². The van der Waals surface area contributed by atoms with Crippen molar-refractivity contribution in [2.45, 2.75) is 25.0 Å². The van der Waals surface area contributed by atoms with E-state index in [0.29, 0.717) is 11.3 Å². The van der Waals surface area contributed by atoms with Gasteiger partial charge in [-0.3, -0.25) is 9.59 Å². The summed E-state index contributed by atoms with van der Waals surface area (Å²) in [5.74, 6) is 0.242. The van der Waals surface area contributed by atoms with Crippen LogP contribution >= 0.6 is 0 Å². The summed E-state index contributed by atoms with van der Waals surface area (Å²) in [6.45, 7) is 0. The van der Waals surface area contributed by atoms with Gasteiger partial charge in [0.15, 0.2) is 6.29 Å². The highest BCUT2D eigenvalue weighted by atomic mass is 16.5. The second-order valence-electron chi connectivity index (χ2n) is 5.35. The number of rotatable bonds is 6. The fourth-order valence-electron chi connectivity index (χ4n) is 2.22. The standard InChI is InChI=1S/C18H17NO3/c20-12-14-8-4-5-9-16(14)22-17(13-6-2-1-3-7-13)18(21)19-15-10-11-15/h1-9,12,15,17H,10-11H2,(H,19,21)/t17-/m1/s1. The molecule has 2 aromatic carbocycles. The molecule has 1 atom stereocenters. The van der Waals surface area contributed by atoms with Crippen LogP contribution in [0.5, 0.6) is 5.75 Å². The third kappa shape index (κ3) is 3.34. The van der Waals surface area contributed by atoms with Gasteiger partial charge in [-0.15, -0.1) is 0 Å². The summed E-state index contributed by atoms with van der Waals surface area (Å²) in [5.41, 5.74) is 1.20. The number of amides is 1. The van der Waals surface area contributed by atoms with Gasteiger partial charge in [0, 0.05) is 11.6 Å². The van der Waals surface area contributed by atoms with Crippen LogP contribution in [0.1, 0.15) is 34.9 Å². The van der Waals surface area contributed by atoms with Gasteiger partial charge in [-0.2, -0.15) is 0 Å². The smallest absolute Gasteiger partial charge is 0.266 e. The van der Waals surface area contributed by atoms with E-state index in [4.69, 9.17) is 4.74 Å². The Hall–Kier alpha value is -2.62. The molecule has 0 heterocycles. The zero-order valence-corrected chi connectivity index (χ0v) is 12.1. The van der Waals surface area contributed by atoms with Crippen molar-refractivity contribution < 1.29 is 14.3 Å². The normalized spacial score (nSPS) is 14.9. The molecule has 1 N–H and O–H groups in total. The lowest BCUT2D eigenvalue weighted by Crippen LogP contribution is -2.34.